The van der Waals surface area contributed by atoms with E-state index in [1.54, 1.807) is 18.2 Å². The molecule has 0 saturated carbocycles. The average molecular weight is 474 g/mol. The van der Waals surface area contributed by atoms with E-state index in [2.05, 4.69) is 52.7 Å². The fraction of sp³-hybridized carbons (Fsp3) is 0.318. The van der Waals surface area contributed by atoms with Crippen molar-refractivity contribution in [1.29, 1.82) is 0 Å². The van der Waals surface area contributed by atoms with Gasteiger partial charge in [-0.2, -0.15) is 0 Å². The van der Waals surface area contributed by atoms with Crippen molar-refractivity contribution in [3.63, 3.8) is 0 Å². The van der Waals surface area contributed by atoms with Crippen LogP contribution in [-0.2, 0) is 0 Å². The van der Waals surface area contributed by atoms with Crippen LogP contribution in [0.4, 0.5) is 11.4 Å². The third-order valence-electron chi connectivity index (χ3n) is 4.79. The molecule has 1 unspecified atom stereocenters. The number of para-hydroxylation sites is 2. The van der Waals surface area contributed by atoms with Crippen LogP contribution in [0.25, 0.3) is 11.3 Å². The molecule has 0 fully saturated rings. The molecule has 3 rings (SSSR count). The summed E-state index contributed by atoms with van der Waals surface area (Å²) in [5.74, 6) is 0.610. The Morgan fingerprint density at radius 3 is 2.48 bits per heavy atom. The molecule has 0 saturated heterocycles. The number of nitrogens with zero attached hydrogens (tertiary/aromatic N) is 3. The smallest absolute Gasteiger partial charge is 0.294 e. The minimum absolute atomic E-state index is 0.0183. The molecule has 1 aromatic heterocycles. The fourth-order valence-electron chi connectivity index (χ4n) is 3.21. The molecule has 0 aliphatic heterocycles. The second kappa shape index (κ2) is 9.50. The van der Waals surface area contributed by atoms with Crippen molar-refractivity contribution in [2.45, 2.75) is 39.7 Å². The van der Waals surface area contributed by atoms with Crippen LogP contribution < -0.4 is 4.80 Å². The van der Waals surface area contributed by atoms with Gasteiger partial charge < -0.3 is 4.57 Å². The first kappa shape index (κ1) is 21.5. The summed E-state index contributed by atoms with van der Waals surface area (Å²) in [6.45, 7) is 6.63. The molecule has 0 N–H and O–H groups in total. The van der Waals surface area contributed by atoms with Crippen molar-refractivity contribution in [1.82, 2.24) is 4.57 Å². The predicted octanol–water partition coefficient (Wildman–Crippen LogP) is 7.12. The quantitative estimate of drug-likeness (QED) is 0.270. The summed E-state index contributed by atoms with van der Waals surface area (Å²) in [7, 11) is 0. The van der Waals surface area contributed by atoms with E-state index in [0.717, 1.165) is 33.4 Å². The number of hydrogen-bond donors (Lipinski definition) is 0. The van der Waals surface area contributed by atoms with Gasteiger partial charge >= 0.3 is 0 Å². The monoisotopic (exact) mass is 473 g/mol. The first-order valence-corrected chi connectivity index (χ1v) is 11.3. The molecule has 0 spiro atoms. The largest absolute Gasteiger partial charge is 0.314 e. The summed E-state index contributed by atoms with van der Waals surface area (Å²) < 4.78 is 3.23. The molecule has 5 nitrogen and oxygen atoms in total. The van der Waals surface area contributed by atoms with Gasteiger partial charge in [0.15, 0.2) is 4.80 Å². The van der Waals surface area contributed by atoms with Gasteiger partial charge in [-0.05, 0) is 37.8 Å². The number of nitro groups is 1. The highest BCUT2D eigenvalue weighted by Gasteiger charge is 2.18. The highest BCUT2D eigenvalue weighted by Crippen LogP contribution is 2.32. The summed E-state index contributed by atoms with van der Waals surface area (Å²) in [5, 5.41) is 13.5. The molecular weight excluding hydrogens is 450 g/mol. The number of rotatable bonds is 7. The molecule has 2 aromatic carbocycles. The Balaban J connectivity index is 2.18. The minimum atomic E-state index is -0.381. The predicted molar refractivity (Wildman–Crippen MR) is 123 cm³/mol. The van der Waals surface area contributed by atoms with E-state index in [0.29, 0.717) is 11.6 Å². The van der Waals surface area contributed by atoms with Crippen molar-refractivity contribution in [3.8, 4) is 11.3 Å². The molecule has 3 aromatic rings. The second-order valence-electron chi connectivity index (χ2n) is 7.43. The fourth-order valence-corrected chi connectivity index (χ4v) is 4.70. The molecule has 0 bridgehead atoms. The molecule has 152 valence electrons. The van der Waals surface area contributed by atoms with Crippen molar-refractivity contribution in [2.75, 3.05) is 0 Å². The zero-order valence-electron chi connectivity index (χ0n) is 16.7. The van der Waals surface area contributed by atoms with E-state index in [-0.39, 0.29) is 16.7 Å². The number of aromatic nitrogens is 1. The van der Waals surface area contributed by atoms with Crippen LogP contribution in [0.2, 0.25) is 0 Å². The third-order valence-corrected chi connectivity index (χ3v) is 6.32. The summed E-state index contributed by atoms with van der Waals surface area (Å²) in [6, 6.07) is 14.9. The lowest BCUT2D eigenvalue weighted by Crippen LogP contribution is -2.20. The van der Waals surface area contributed by atoms with Gasteiger partial charge in [-0.15, -0.1) is 11.3 Å². The second-order valence-corrected chi connectivity index (χ2v) is 9.12. The Bertz CT molecular complexity index is 1070. The van der Waals surface area contributed by atoms with Crippen molar-refractivity contribution in [3.05, 3.63) is 73.3 Å². The van der Waals surface area contributed by atoms with Crippen LogP contribution in [0.5, 0.6) is 0 Å². The van der Waals surface area contributed by atoms with Gasteiger partial charge in [-0.1, -0.05) is 60.1 Å². The lowest BCUT2D eigenvalue weighted by molar-refractivity contribution is -0.384. The van der Waals surface area contributed by atoms with Gasteiger partial charge in [0.2, 0.25) is 0 Å². The van der Waals surface area contributed by atoms with Gasteiger partial charge in [0, 0.05) is 27.5 Å². The zero-order valence-corrected chi connectivity index (χ0v) is 19.1. The lowest BCUT2D eigenvalue weighted by Gasteiger charge is -2.19. The summed E-state index contributed by atoms with van der Waals surface area (Å²) in [6.07, 6.45) is 2.11. The van der Waals surface area contributed by atoms with Crippen LogP contribution in [0.15, 0.2) is 63.4 Å². The molecule has 1 atom stereocenters. The van der Waals surface area contributed by atoms with Crippen molar-refractivity contribution >= 4 is 38.6 Å². The first-order valence-electron chi connectivity index (χ1n) is 9.61. The number of benzene rings is 2. The molecule has 0 radical (unpaired) electrons. The number of thiazole rings is 1. The van der Waals surface area contributed by atoms with Crippen LogP contribution in [0, 0.1) is 16.0 Å². The highest BCUT2D eigenvalue weighted by molar-refractivity contribution is 9.10. The summed E-state index contributed by atoms with van der Waals surface area (Å²) in [5.41, 5.74) is 2.55. The van der Waals surface area contributed by atoms with E-state index < -0.39 is 0 Å². The Kier molecular flexibility index (Phi) is 7.03. The first-order chi connectivity index (χ1) is 13.9. The van der Waals surface area contributed by atoms with E-state index >= 15 is 0 Å². The zero-order chi connectivity index (χ0) is 21.0. The van der Waals surface area contributed by atoms with Crippen molar-refractivity contribution in [2.24, 2.45) is 10.9 Å². The lowest BCUT2D eigenvalue weighted by atomic mass is 10.0. The normalized spacial score (nSPS) is 13.1. The van der Waals surface area contributed by atoms with Gasteiger partial charge in [0.1, 0.15) is 5.69 Å². The molecule has 0 aliphatic rings. The summed E-state index contributed by atoms with van der Waals surface area (Å²) in [4.78, 5) is 16.5. The Hall–Kier alpha value is -2.25. The minimum Gasteiger partial charge on any atom is -0.314 e. The van der Waals surface area contributed by atoms with E-state index in [9.17, 15) is 10.1 Å². The van der Waals surface area contributed by atoms with E-state index in [1.165, 1.54) is 17.4 Å². The highest BCUT2D eigenvalue weighted by atomic mass is 79.9. The molecule has 29 heavy (non-hydrogen) atoms. The maximum absolute atomic E-state index is 11.4. The Labute approximate surface area is 183 Å². The van der Waals surface area contributed by atoms with Gasteiger partial charge in [-0.3, -0.25) is 10.1 Å². The van der Waals surface area contributed by atoms with Gasteiger partial charge in [0.25, 0.3) is 5.69 Å². The van der Waals surface area contributed by atoms with Crippen LogP contribution in [-0.4, -0.2) is 9.49 Å². The Morgan fingerprint density at radius 2 is 1.79 bits per heavy atom. The third kappa shape index (κ3) is 5.03. The molecule has 0 aliphatic carbocycles. The summed E-state index contributed by atoms with van der Waals surface area (Å²) >= 11 is 5.17. The number of nitro benzene ring substituents is 1. The molecule has 1 heterocycles. The van der Waals surface area contributed by atoms with Crippen LogP contribution >= 0.6 is 27.3 Å². The van der Waals surface area contributed by atoms with Crippen LogP contribution in [0.3, 0.4) is 0 Å². The van der Waals surface area contributed by atoms with Crippen LogP contribution in [0.1, 0.15) is 39.7 Å². The Morgan fingerprint density at radius 1 is 1.10 bits per heavy atom. The van der Waals surface area contributed by atoms with E-state index in [4.69, 9.17) is 4.99 Å². The topological polar surface area (TPSA) is 60.4 Å². The SMILES string of the molecule is CC(C)CCC(C)n1c(-c2ccccc2Br)csc1=Nc1ccccc1[N+](=O)[O-]. The molecule has 0 amide bonds. The van der Waals surface area contributed by atoms with Crippen molar-refractivity contribution < 1.29 is 4.92 Å². The van der Waals surface area contributed by atoms with Gasteiger partial charge in [0.05, 0.1) is 10.6 Å². The van der Waals surface area contributed by atoms with Gasteiger partial charge in [-0.25, -0.2) is 4.99 Å². The maximum Gasteiger partial charge on any atom is 0.294 e. The number of halogens is 1. The molecular formula is C22H24BrN3O2S. The maximum atomic E-state index is 11.4. The number of hydrogen-bond acceptors (Lipinski definition) is 4. The van der Waals surface area contributed by atoms with E-state index in [1.807, 2.05) is 18.2 Å². The molecule has 7 heteroatoms. The standard InChI is InChI=1S/C22H24BrN3O2S/c1-15(2)12-13-16(3)25-21(17-8-4-5-9-18(17)23)14-29-22(25)24-19-10-6-7-11-20(19)26(27)28/h4-11,14-16H,12-13H2,1-3H3. The average Bonchev–Trinajstić information content (AvgIpc) is 3.10.